The number of hydrogen-bond acceptors (Lipinski definition) is 4. The number of alkyl halides is 3. The maximum atomic E-state index is 13.0. The van der Waals surface area contributed by atoms with Gasteiger partial charge < -0.3 is 20.1 Å². The number of benzene rings is 2. The highest BCUT2D eigenvalue weighted by Crippen LogP contribution is 2.31. The van der Waals surface area contributed by atoms with Crippen LogP contribution in [0.3, 0.4) is 0 Å². The second-order valence-corrected chi connectivity index (χ2v) is 8.81. The molecule has 12 heteroatoms. The molecule has 0 atom stereocenters. The highest BCUT2D eigenvalue weighted by molar-refractivity contribution is 6.34. The minimum atomic E-state index is -4.55. The molecule has 0 unspecified atom stereocenters. The van der Waals surface area contributed by atoms with Crippen molar-refractivity contribution in [3.05, 3.63) is 88.5 Å². The number of carbonyl (C=O) groups excluding carboxylic acids is 3. The van der Waals surface area contributed by atoms with Crippen molar-refractivity contribution in [1.29, 1.82) is 0 Å². The third kappa shape index (κ3) is 5.67. The highest BCUT2D eigenvalue weighted by Gasteiger charge is 2.30. The average molecular weight is 532 g/mol. The van der Waals surface area contributed by atoms with Gasteiger partial charge in [-0.25, -0.2) is 4.98 Å². The third-order valence-corrected chi connectivity index (χ3v) is 6.00. The SMILES string of the molecule is C=C(C)C(=O)N1CCn2c(C(=O)Nc3cc(C(=O)Nc4cccc(C(F)(F)F)c4)ccc3Cl)cnc2C1. The van der Waals surface area contributed by atoms with E-state index in [0.717, 1.165) is 12.1 Å². The van der Waals surface area contributed by atoms with Crippen LogP contribution in [-0.2, 0) is 24.1 Å². The van der Waals surface area contributed by atoms with Gasteiger partial charge >= 0.3 is 6.18 Å². The molecule has 0 saturated carbocycles. The van der Waals surface area contributed by atoms with Gasteiger partial charge in [0, 0.05) is 29.9 Å². The van der Waals surface area contributed by atoms with Crippen LogP contribution in [0, 0.1) is 0 Å². The quantitative estimate of drug-likeness (QED) is 0.454. The zero-order valence-electron chi connectivity index (χ0n) is 19.5. The van der Waals surface area contributed by atoms with E-state index in [9.17, 15) is 27.6 Å². The molecular weight excluding hydrogens is 511 g/mol. The van der Waals surface area contributed by atoms with Crippen molar-refractivity contribution in [3.63, 3.8) is 0 Å². The molecule has 4 rings (SSSR count). The van der Waals surface area contributed by atoms with Gasteiger partial charge in [-0.1, -0.05) is 24.2 Å². The van der Waals surface area contributed by atoms with Crippen molar-refractivity contribution in [2.45, 2.75) is 26.2 Å². The molecule has 2 N–H and O–H groups in total. The summed E-state index contributed by atoms with van der Waals surface area (Å²) < 4.78 is 40.6. The molecule has 3 aromatic rings. The van der Waals surface area contributed by atoms with E-state index in [-0.39, 0.29) is 40.1 Å². The Morgan fingerprint density at radius 2 is 1.81 bits per heavy atom. The molecule has 3 amide bonds. The lowest BCUT2D eigenvalue weighted by Crippen LogP contribution is -2.39. The van der Waals surface area contributed by atoms with E-state index in [1.807, 2.05) is 0 Å². The fraction of sp³-hybridized carbons (Fsp3) is 0.200. The zero-order valence-corrected chi connectivity index (χ0v) is 20.3. The lowest BCUT2D eigenvalue weighted by molar-refractivity contribution is -0.137. The number of anilines is 2. The minimum Gasteiger partial charge on any atom is -0.330 e. The van der Waals surface area contributed by atoms with Crippen molar-refractivity contribution >= 4 is 40.7 Å². The Morgan fingerprint density at radius 3 is 2.51 bits per heavy atom. The van der Waals surface area contributed by atoms with E-state index in [1.54, 1.807) is 16.4 Å². The Balaban J connectivity index is 1.49. The Bertz CT molecular complexity index is 1420. The van der Waals surface area contributed by atoms with Crippen LogP contribution in [0.4, 0.5) is 24.5 Å². The Morgan fingerprint density at radius 1 is 1.05 bits per heavy atom. The lowest BCUT2D eigenvalue weighted by atomic mass is 10.1. The summed E-state index contributed by atoms with van der Waals surface area (Å²) in [4.78, 5) is 43.7. The number of nitrogens with one attached hydrogen (secondary N) is 2. The van der Waals surface area contributed by atoms with Gasteiger partial charge in [-0.05, 0) is 43.3 Å². The number of carbonyl (C=O) groups is 3. The minimum absolute atomic E-state index is 0.0366. The van der Waals surface area contributed by atoms with Gasteiger partial charge in [-0.15, -0.1) is 0 Å². The number of amides is 3. The molecule has 1 aliphatic heterocycles. The molecule has 2 heterocycles. The van der Waals surface area contributed by atoms with Crippen LogP contribution in [0.25, 0.3) is 0 Å². The molecule has 0 saturated heterocycles. The monoisotopic (exact) mass is 531 g/mol. The van der Waals surface area contributed by atoms with Crippen LogP contribution in [0.15, 0.2) is 60.8 Å². The van der Waals surface area contributed by atoms with Crippen LogP contribution in [0.2, 0.25) is 5.02 Å². The van der Waals surface area contributed by atoms with E-state index >= 15 is 0 Å². The molecular formula is C25H21ClF3N5O3. The Labute approximate surface area is 214 Å². The summed E-state index contributed by atoms with van der Waals surface area (Å²) in [5.74, 6) is -0.871. The molecule has 1 aliphatic rings. The summed E-state index contributed by atoms with van der Waals surface area (Å²) in [7, 11) is 0. The maximum Gasteiger partial charge on any atom is 0.416 e. The number of aromatic nitrogens is 2. The molecule has 1 aromatic heterocycles. The van der Waals surface area contributed by atoms with E-state index in [4.69, 9.17) is 11.6 Å². The molecule has 8 nitrogen and oxygen atoms in total. The first-order chi connectivity index (χ1) is 17.4. The van der Waals surface area contributed by atoms with Gasteiger partial charge in [0.25, 0.3) is 11.8 Å². The third-order valence-electron chi connectivity index (χ3n) is 5.67. The predicted molar refractivity (Wildman–Crippen MR) is 131 cm³/mol. The molecule has 0 radical (unpaired) electrons. The smallest absolute Gasteiger partial charge is 0.330 e. The van der Waals surface area contributed by atoms with Crippen LogP contribution in [0.5, 0.6) is 0 Å². The highest BCUT2D eigenvalue weighted by atomic mass is 35.5. The van der Waals surface area contributed by atoms with Crippen LogP contribution in [-0.4, -0.2) is 38.7 Å². The summed E-state index contributed by atoms with van der Waals surface area (Å²) in [5, 5.41) is 5.21. The largest absolute Gasteiger partial charge is 0.416 e. The van der Waals surface area contributed by atoms with Gasteiger partial charge in [0.2, 0.25) is 5.91 Å². The van der Waals surface area contributed by atoms with Gasteiger partial charge in [-0.3, -0.25) is 14.4 Å². The van der Waals surface area contributed by atoms with Crippen molar-refractivity contribution < 1.29 is 27.6 Å². The molecule has 37 heavy (non-hydrogen) atoms. The average Bonchev–Trinajstić information content (AvgIpc) is 3.28. The lowest BCUT2D eigenvalue weighted by Gasteiger charge is -2.28. The first kappa shape index (κ1) is 26.0. The van der Waals surface area contributed by atoms with Gasteiger partial charge in [0.15, 0.2) is 0 Å². The number of imidazole rings is 1. The summed E-state index contributed by atoms with van der Waals surface area (Å²) >= 11 is 6.22. The van der Waals surface area contributed by atoms with Gasteiger partial charge in [0.1, 0.15) is 11.5 Å². The molecule has 192 valence electrons. The number of hydrogen-bond donors (Lipinski definition) is 2. The van der Waals surface area contributed by atoms with E-state index in [0.29, 0.717) is 24.5 Å². The van der Waals surface area contributed by atoms with E-state index < -0.39 is 23.6 Å². The van der Waals surface area contributed by atoms with Crippen molar-refractivity contribution in [2.75, 3.05) is 17.2 Å². The molecule has 0 aliphatic carbocycles. The summed E-state index contributed by atoms with van der Waals surface area (Å²) in [6.45, 7) is 6.24. The van der Waals surface area contributed by atoms with Crippen molar-refractivity contribution in [3.8, 4) is 0 Å². The molecule has 0 spiro atoms. The second-order valence-electron chi connectivity index (χ2n) is 8.40. The standard InChI is InChI=1S/C25H21ClF3N5O3/c1-14(2)24(37)33-8-9-34-20(12-30-21(34)13-33)23(36)32-19-10-15(6-7-18(19)26)22(35)31-17-5-3-4-16(11-17)25(27,28)29/h3-7,10-12H,1,8-9,13H2,2H3,(H,31,35)(H,32,36). The normalized spacial score (nSPS) is 13.1. The first-order valence-corrected chi connectivity index (χ1v) is 11.4. The van der Waals surface area contributed by atoms with E-state index in [1.165, 1.54) is 36.5 Å². The topological polar surface area (TPSA) is 96.3 Å². The molecule has 2 aromatic carbocycles. The number of nitrogens with zero attached hydrogens (tertiary/aromatic N) is 3. The second kappa shape index (κ2) is 10.1. The van der Waals surface area contributed by atoms with Crippen LogP contribution in [0.1, 0.15) is 39.2 Å². The van der Waals surface area contributed by atoms with Crippen LogP contribution >= 0.6 is 11.6 Å². The van der Waals surface area contributed by atoms with Crippen molar-refractivity contribution in [2.24, 2.45) is 0 Å². The Kier molecular flexibility index (Phi) is 7.08. The van der Waals surface area contributed by atoms with Gasteiger partial charge in [-0.2, -0.15) is 13.2 Å². The fourth-order valence-electron chi connectivity index (χ4n) is 3.81. The fourth-order valence-corrected chi connectivity index (χ4v) is 3.97. The van der Waals surface area contributed by atoms with E-state index in [2.05, 4.69) is 22.2 Å². The van der Waals surface area contributed by atoms with Crippen molar-refractivity contribution in [1.82, 2.24) is 14.5 Å². The first-order valence-electron chi connectivity index (χ1n) is 11.0. The molecule has 0 fully saturated rings. The summed E-state index contributed by atoms with van der Waals surface area (Å²) in [6.07, 6.45) is -3.17. The number of rotatable bonds is 5. The summed E-state index contributed by atoms with van der Waals surface area (Å²) in [6, 6.07) is 8.34. The Hall–Kier alpha value is -4.12. The molecule has 0 bridgehead atoms. The number of fused-ring (bicyclic) bond motifs is 1. The number of halogens is 4. The maximum absolute atomic E-state index is 13.0. The van der Waals surface area contributed by atoms with Crippen LogP contribution < -0.4 is 10.6 Å². The van der Waals surface area contributed by atoms with Gasteiger partial charge in [0.05, 0.1) is 29.0 Å². The predicted octanol–water partition coefficient (Wildman–Crippen LogP) is 4.98. The zero-order chi connectivity index (χ0) is 26.9. The summed E-state index contributed by atoms with van der Waals surface area (Å²) in [5.41, 5.74) is -0.0805.